The Kier molecular flexibility index (Phi) is 6.82. The molecule has 0 bridgehead atoms. The van der Waals surface area contributed by atoms with Gasteiger partial charge in [0.2, 0.25) is 15.9 Å². The minimum atomic E-state index is -3.54. The zero-order valence-corrected chi connectivity index (χ0v) is 18.3. The molecular weight excluding hydrogens is 414 g/mol. The van der Waals surface area contributed by atoms with Gasteiger partial charge in [-0.05, 0) is 42.5 Å². The van der Waals surface area contributed by atoms with Gasteiger partial charge in [-0.25, -0.2) is 13.4 Å². The van der Waals surface area contributed by atoms with Gasteiger partial charge in [0, 0.05) is 18.0 Å². The summed E-state index contributed by atoms with van der Waals surface area (Å²) in [5, 5.41) is 5.22. The first-order valence-electron chi connectivity index (χ1n) is 9.17. The van der Waals surface area contributed by atoms with E-state index in [1.54, 1.807) is 18.2 Å². The molecule has 1 N–H and O–H groups in total. The van der Waals surface area contributed by atoms with Crippen molar-refractivity contribution in [3.05, 3.63) is 40.6 Å². The maximum absolute atomic E-state index is 13.0. The molecule has 1 amide bonds. The van der Waals surface area contributed by atoms with Gasteiger partial charge in [0.25, 0.3) is 0 Å². The van der Waals surface area contributed by atoms with Crippen molar-refractivity contribution < 1.29 is 13.2 Å². The van der Waals surface area contributed by atoms with E-state index in [1.807, 2.05) is 31.4 Å². The van der Waals surface area contributed by atoms with Gasteiger partial charge in [0.15, 0.2) is 5.13 Å². The molecule has 9 heteroatoms. The van der Waals surface area contributed by atoms with Crippen molar-refractivity contribution in [3.8, 4) is 0 Å². The van der Waals surface area contributed by atoms with Crippen molar-refractivity contribution in [3.63, 3.8) is 0 Å². The summed E-state index contributed by atoms with van der Waals surface area (Å²) >= 11 is 2.82. The van der Waals surface area contributed by atoms with Gasteiger partial charge < -0.3 is 5.32 Å². The third kappa shape index (κ3) is 4.78. The maximum Gasteiger partial charge on any atom is 0.243 e. The average molecular weight is 438 g/mol. The van der Waals surface area contributed by atoms with Crippen LogP contribution in [0.2, 0.25) is 0 Å². The molecule has 0 saturated carbocycles. The summed E-state index contributed by atoms with van der Waals surface area (Å²) in [4.78, 5) is 17.8. The molecule has 2 aromatic heterocycles. The molecule has 3 aromatic rings. The number of benzene rings is 1. The third-order valence-corrected chi connectivity index (χ3v) is 7.81. The molecule has 0 fully saturated rings. The summed E-state index contributed by atoms with van der Waals surface area (Å²) in [6.45, 7) is 4.94. The lowest BCUT2D eigenvalue weighted by molar-refractivity contribution is -0.115. The second-order valence-electron chi connectivity index (χ2n) is 6.36. The van der Waals surface area contributed by atoms with Crippen LogP contribution < -0.4 is 5.32 Å². The second-order valence-corrected chi connectivity index (χ2v) is 10.4. The normalized spacial score (nSPS) is 12.0. The highest BCUT2D eigenvalue weighted by molar-refractivity contribution is 7.89. The van der Waals surface area contributed by atoms with E-state index in [9.17, 15) is 13.2 Å². The average Bonchev–Trinajstić information content (AvgIpc) is 3.29. The fraction of sp³-hybridized carbons (Fsp3) is 0.368. The van der Waals surface area contributed by atoms with Gasteiger partial charge in [-0.3, -0.25) is 4.79 Å². The lowest BCUT2D eigenvalue weighted by atomic mass is 10.3. The first-order valence-corrected chi connectivity index (χ1v) is 12.3. The molecule has 0 aliphatic carbocycles. The summed E-state index contributed by atoms with van der Waals surface area (Å²) in [7, 11) is -3.54. The molecule has 0 radical (unpaired) electrons. The van der Waals surface area contributed by atoms with Crippen molar-refractivity contribution in [2.45, 2.75) is 38.0 Å². The molecule has 0 aliphatic rings. The number of nitrogens with one attached hydrogen (secondary N) is 1. The van der Waals surface area contributed by atoms with Gasteiger partial charge in [-0.2, -0.15) is 4.31 Å². The van der Waals surface area contributed by atoms with Gasteiger partial charge >= 0.3 is 0 Å². The molecule has 0 atom stereocenters. The van der Waals surface area contributed by atoms with E-state index in [1.165, 1.54) is 27.0 Å². The molecule has 150 valence electrons. The zero-order chi connectivity index (χ0) is 20.1. The van der Waals surface area contributed by atoms with Crippen LogP contribution in [0, 0.1) is 0 Å². The number of hydrogen-bond acceptors (Lipinski definition) is 6. The smallest absolute Gasteiger partial charge is 0.243 e. The number of hydrogen-bond donors (Lipinski definition) is 1. The molecule has 3 rings (SSSR count). The number of sulfonamides is 1. The minimum Gasteiger partial charge on any atom is -0.302 e. The van der Waals surface area contributed by atoms with Crippen molar-refractivity contribution >= 4 is 54.0 Å². The number of thiophene rings is 1. The molecule has 2 heterocycles. The number of anilines is 1. The SMILES string of the molecule is CCCN(CCC)S(=O)(=O)c1ccc2nc(NC(=O)Cc3cccs3)sc2c1. The highest BCUT2D eigenvalue weighted by atomic mass is 32.2. The number of carbonyl (C=O) groups is 1. The van der Waals surface area contributed by atoms with Gasteiger partial charge in [-0.1, -0.05) is 31.3 Å². The van der Waals surface area contributed by atoms with E-state index in [0.29, 0.717) is 30.2 Å². The molecule has 0 aliphatic heterocycles. The van der Waals surface area contributed by atoms with E-state index in [4.69, 9.17) is 0 Å². The Labute approximate surface area is 173 Å². The van der Waals surface area contributed by atoms with Crippen molar-refractivity contribution in [1.29, 1.82) is 0 Å². The Morgan fingerprint density at radius 1 is 1.18 bits per heavy atom. The van der Waals surface area contributed by atoms with Crippen LogP contribution in [0.1, 0.15) is 31.6 Å². The van der Waals surface area contributed by atoms with Crippen LogP contribution in [-0.4, -0.2) is 36.7 Å². The minimum absolute atomic E-state index is 0.133. The van der Waals surface area contributed by atoms with Crippen LogP contribution in [0.15, 0.2) is 40.6 Å². The summed E-state index contributed by atoms with van der Waals surface area (Å²) < 4.78 is 28.2. The van der Waals surface area contributed by atoms with Crippen LogP contribution in [0.5, 0.6) is 0 Å². The van der Waals surface area contributed by atoms with E-state index < -0.39 is 10.0 Å². The predicted molar refractivity (Wildman–Crippen MR) is 116 cm³/mol. The number of nitrogens with zero attached hydrogens (tertiary/aromatic N) is 2. The monoisotopic (exact) mass is 437 g/mol. The molecule has 0 unspecified atom stereocenters. The quantitative estimate of drug-likeness (QED) is 0.540. The fourth-order valence-corrected chi connectivity index (χ4v) is 6.20. The summed E-state index contributed by atoms with van der Waals surface area (Å²) in [5.74, 6) is -0.133. The first-order chi connectivity index (χ1) is 13.4. The Morgan fingerprint density at radius 2 is 1.93 bits per heavy atom. The van der Waals surface area contributed by atoms with E-state index >= 15 is 0 Å². The Bertz CT molecular complexity index is 1040. The largest absolute Gasteiger partial charge is 0.302 e. The first kappa shape index (κ1) is 20.9. The zero-order valence-electron chi connectivity index (χ0n) is 15.8. The predicted octanol–water partition coefficient (Wildman–Crippen LogP) is 4.35. The molecule has 28 heavy (non-hydrogen) atoms. The van der Waals surface area contributed by atoms with Gasteiger partial charge in [0.05, 0.1) is 21.5 Å². The highest BCUT2D eigenvalue weighted by Crippen LogP contribution is 2.29. The van der Waals surface area contributed by atoms with Crippen LogP contribution in [-0.2, 0) is 21.2 Å². The van der Waals surface area contributed by atoms with Crippen molar-refractivity contribution in [2.75, 3.05) is 18.4 Å². The number of rotatable bonds is 9. The summed E-state index contributed by atoms with van der Waals surface area (Å²) in [6.07, 6.45) is 1.83. The molecule has 1 aromatic carbocycles. The third-order valence-electron chi connectivity index (χ3n) is 4.10. The number of amides is 1. The second kappa shape index (κ2) is 9.13. The van der Waals surface area contributed by atoms with Crippen LogP contribution in [0.25, 0.3) is 10.2 Å². The fourth-order valence-electron chi connectivity index (χ4n) is 2.85. The highest BCUT2D eigenvalue weighted by Gasteiger charge is 2.23. The van der Waals surface area contributed by atoms with Crippen LogP contribution in [0.3, 0.4) is 0 Å². The maximum atomic E-state index is 13.0. The summed E-state index contributed by atoms with van der Waals surface area (Å²) in [6, 6.07) is 8.76. The molecule has 6 nitrogen and oxygen atoms in total. The van der Waals surface area contributed by atoms with Crippen LogP contribution in [0.4, 0.5) is 5.13 Å². The molecule has 0 saturated heterocycles. The molecular formula is C19H23N3O3S3. The van der Waals surface area contributed by atoms with Crippen molar-refractivity contribution in [1.82, 2.24) is 9.29 Å². The number of aromatic nitrogens is 1. The Hall–Kier alpha value is -1.81. The summed E-state index contributed by atoms with van der Waals surface area (Å²) in [5.41, 5.74) is 0.674. The lowest BCUT2D eigenvalue weighted by Gasteiger charge is -2.20. The van der Waals surface area contributed by atoms with Crippen LogP contribution >= 0.6 is 22.7 Å². The number of carbonyl (C=O) groups excluding carboxylic acids is 1. The Morgan fingerprint density at radius 3 is 2.57 bits per heavy atom. The standard InChI is InChI=1S/C19H23N3O3S3/c1-3-9-22(10-4-2)28(24,25)15-7-8-16-17(13-15)27-19(20-16)21-18(23)12-14-6-5-11-26-14/h5-8,11,13H,3-4,9-10,12H2,1-2H3,(H,20,21,23). The Balaban J connectivity index is 1.81. The van der Waals surface area contributed by atoms with E-state index in [-0.39, 0.29) is 10.8 Å². The number of fused-ring (bicyclic) bond motifs is 1. The van der Waals surface area contributed by atoms with E-state index in [0.717, 1.165) is 22.4 Å². The topological polar surface area (TPSA) is 79.4 Å². The van der Waals surface area contributed by atoms with E-state index in [2.05, 4.69) is 10.3 Å². The number of thiazole rings is 1. The molecule has 0 spiro atoms. The van der Waals surface area contributed by atoms with Gasteiger partial charge in [-0.15, -0.1) is 11.3 Å². The van der Waals surface area contributed by atoms with Crippen molar-refractivity contribution in [2.24, 2.45) is 0 Å². The van der Waals surface area contributed by atoms with Gasteiger partial charge in [0.1, 0.15) is 0 Å². The lowest BCUT2D eigenvalue weighted by Crippen LogP contribution is -2.32.